The smallest absolute Gasteiger partial charge is 0.0230 e. The molecule has 0 amide bonds. The maximum atomic E-state index is 3.66. The van der Waals surface area contributed by atoms with E-state index in [9.17, 15) is 0 Å². The van der Waals surface area contributed by atoms with E-state index in [4.69, 9.17) is 0 Å². The second-order valence-electron chi connectivity index (χ2n) is 6.38. The normalized spacial score (nSPS) is 17.8. The van der Waals surface area contributed by atoms with E-state index in [0.717, 1.165) is 25.6 Å². The van der Waals surface area contributed by atoms with Gasteiger partial charge in [-0.1, -0.05) is 24.3 Å². The van der Waals surface area contributed by atoms with Crippen LogP contribution < -0.4 is 5.32 Å². The Labute approximate surface area is 124 Å². The molecule has 2 rings (SSSR count). The van der Waals surface area contributed by atoms with E-state index in [0.29, 0.717) is 0 Å². The number of likely N-dealkylation sites (tertiary alicyclic amines) is 1. The van der Waals surface area contributed by atoms with Crippen molar-refractivity contribution in [1.82, 2.24) is 15.1 Å². The third kappa shape index (κ3) is 4.89. The molecule has 1 aromatic rings. The molecule has 1 aromatic carbocycles. The third-order valence-corrected chi connectivity index (χ3v) is 4.19. The Morgan fingerprint density at radius 3 is 2.45 bits per heavy atom. The summed E-state index contributed by atoms with van der Waals surface area (Å²) in [7, 11) is 6.48. The number of benzene rings is 1. The minimum Gasteiger partial charge on any atom is -0.312 e. The number of rotatable bonds is 6. The molecule has 1 N–H and O–H groups in total. The second kappa shape index (κ2) is 7.77. The summed E-state index contributed by atoms with van der Waals surface area (Å²) >= 11 is 0. The van der Waals surface area contributed by atoms with Crippen molar-refractivity contribution in [3.8, 4) is 0 Å². The monoisotopic (exact) mass is 275 g/mol. The van der Waals surface area contributed by atoms with E-state index in [2.05, 4.69) is 60.5 Å². The van der Waals surface area contributed by atoms with Crippen molar-refractivity contribution in [2.75, 3.05) is 40.8 Å². The van der Waals surface area contributed by atoms with Crippen molar-refractivity contribution in [2.24, 2.45) is 5.92 Å². The minimum absolute atomic E-state index is 0.854. The topological polar surface area (TPSA) is 18.5 Å². The van der Waals surface area contributed by atoms with Crippen molar-refractivity contribution in [2.45, 2.75) is 25.9 Å². The molecule has 1 saturated heterocycles. The summed E-state index contributed by atoms with van der Waals surface area (Å²) < 4.78 is 0. The third-order valence-electron chi connectivity index (χ3n) is 4.19. The first-order chi connectivity index (χ1) is 9.65. The van der Waals surface area contributed by atoms with Gasteiger partial charge in [0.1, 0.15) is 0 Å². The fourth-order valence-electron chi connectivity index (χ4n) is 2.90. The predicted octanol–water partition coefficient (Wildman–Crippen LogP) is 2.18. The molecule has 20 heavy (non-hydrogen) atoms. The Bertz CT molecular complexity index is 395. The molecule has 112 valence electrons. The molecule has 1 aliphatic heterocycles. The molecule has 3 heteroatoms. The molecule has 0 saturated carbocycles. The Balaban J connectivity index is 1.79. The minimum atomic E-state index is 0.854. The van der Waals surface area contributed by atoms with Crippen LogP contribution in [0.4, 0.5) is 0 Å². The molecule has 1 heterocycles. The summed E-state index contributed by atoms with van der Waals surface area (Å²) in [6.07, 6.45) is 2.67. The lowest BCUT2D eigenvalue weighted by atomic mass is 9.97. The van der Waals surface area contributed by atoms with E-state index in [1.165, 1.54) is 37.1 Å². The molecule has 1 fully saturated rings. The Morgan fingerprint density at radius 2 is 1.80 bits per heavy atom. The lowest BCUT2D eigenvalue weighted by Crippen LogP contribution is -2.34. The van der Waals surface area contributed by atoms with E-state index in [1.54, 1.807) is 0 Å². The van der Waals surface area contributed by atoms with E-state index in [-0.39, 0.29) is 0 Å². The number of piperidine rings is 1. The Kier molecular flexibility index (Phi) is 6.02. The van der Waals surface area contributed by atoms with Gasteiger partial charge in [0.05, 0.1) is 0 Å². The largest absolute Gasteiger partial charge is 0.312 e. The lowest BCUT2D eigenvalue weighted by molar-refractivity contribution is 0.216. The summed E-state index contributed by atoms with van der Waals surface area (Å²) in [5.74, 6) is 0.854. The van der Waals surface area contributed by atoms with E-state index >= 15 is 0 Å². The van der Waals surface area contributed by atoms with Crippen LogP contribution in [0.5, 0.6) is 0 Å². The molecule has 0 atom stereocenters. The fraction of sp³-hybridized carbons (Fsp3) is 0.647. The standard InChI is InChI=1S/C17H29N3/c1-19(2)14-17-7-5-4-6-16(17)13-18-12-15-8-10-20(3)11-9-15/h4-7,15,18H,8-14H2,1-3H3. The molecule has 1 aliphatic rings. The van der Waals surface area contributed by atoms with Crippen LogP contribution in [0, 0.1) is 5.92 Å². The van der Waals surface area contributed by atoms with Crippen molar-refractivity contribution < 1.29 is 0 Å². The molecular weight excluding hydrogens is 246 g/mol. The molecule has 0 bridgehead atoms. The zero-order valence-corrected chi connectivity index (χ0v) is 13.2. The summed E-state index contributed by atoms with van der Waals surface area (Å²) in [4.78, 5) is 4.67. The van der Waals surface area contributed by atoms with Crippen LogP contribution in [0.15, 0.2) is 24.3 Å². The van der Waals surface area contributed by atoms with Crippen molar-refractivity contribution in [3.05, 3.63) is 35.4 Å². The van der Waals surface area contributed by atoms with Gasteiger partial charge in [-0.2, -0.15) is 0 Å². The van der Waals surface area contributed by atoms with Gasteiger partial charge < -0.3 is 15.1 Å². The van der Waals surface area contributed by atoms with Crippen LogP contribution in [0.25, 0.3) is 0 Å². The average molecular weight is 275 g/mol. The Hall–Kier alpha value is -0.900. The van der Waals surface area contributed by atoms with Gasteiger partial charge in [0, 0.05) is 13.1 Å². The first-order valence-corrected chi connectivity index (χ1v) is 7.76. The highest BCUT2D eigenvalue weighted by Crippen LogP contribution is 2.15. The number of nitrogens with zero attached hydrogens (tertiary/aromatic N) is 2. The van der Waals surface area contributed by atoms with Crippen molar-refractivity contribution in [3.63, 3.8) is 0 Å². The van der Waals surface area contributed by atoms with Crippen LogP contribution in [-0.2, 0) is 13.1 Å². The van der Waals surface area contributed by atoms with Crippen LogP contribution in [0.1, 0.15) is 24.0 Å². The highest BCUT2D eigenvalue weighted by Gasteiger charge is 2.16. The van der Waals surface area contributed by atoms with Crippen molar-refractivity contribution in [1.29, 1.82) is 0 Å². The molecule has 0 radical (unpaired) electrons. The summed E-state index contributed by atoms with van der Waals surface area (Å²) in [6, 6.07) is 8.78. The first kappa shape index (κ1) is 15.5. The summed E-state index contributed by atoms with van der Waals surface area (Å²) in [6.45, 7) is 5.68. The quantitative estimate of drug-likeness (QED) is 0.858. The number of hydrogen-bond donors (Lipinski definition) is 1. The highest BCUT2D eigenvalue weighted by molar-refractivity contribution is 5.26. The molecule has 3 nitrogen and oxygen atoms in total. The van der Waals surface area contributed by atoms with Gasteiger partial charge in [0.15, 0.2) is 0 Å². The summed E-state index contributed by atoms with van der Waals surface area (Å²) in [5.41, 5.74) is 2.88. The first-order valence-electron chi connectivity index (χ1n) is 7.76. The Morgan fingerprint density at radius 1 is 1.15 bits per heavy atom. The SMILES string of the molecule is CN(C)Cc1ccccc1CNCC1CCN(C)CC1. The fourth-order valence-corrected chi connectivity index (χ4v) is 2.90. The highest BCUT2D eigenvalue weighted by atomic mass is 15.1. The predicted molar refractivity (Wildman–Crippen MR) is 85.8 cm³/mol. The van der Waals surface area contributed by atoms with Crippen LogP contribution in [0.3, 0.4) is 0 Å². The van der Waals surface area contributed by atoms with Crippen LogP contribution >= 0.6 is 0 Å². The lowest BCUT2D eigenvalue weighted by Gasteiger charge is -2.29. The van der Waals surface area contributed by atoms with Gasteiger partial charge in [-0.15, -0.1) is 0 Å². The van der Waals surface area contributed by atoms with Gasteiger partial charge in [0.25, 0.3) is 0 Å². The zero-order chi connectivity index (χ0) is 14.4. The molecule has 0 unspecified atom stereocenters. The molecule has 0 aliphatic carbocycles. The number of hydrogen-bond acceptors (Lipinski definition) is 3. The van der Waals surface area contributed by atoms with Gasteiger partial charge >= 0.3 is 0 Å². The van der Waals surface area contributed by atoms with Crippen LogP contribution in [0.2, 0.25) is 0 Å². The van der Waals surface area contributed by atoms with Crippen LogP contribution in [-0.4, -0.2) is 50.6 Å². The zero-order valence-electron chi connectivity index (χ0n) is 13.2. The van der Waals surface area contributed by atoms with Gasteiger partial charge in [-0.05, 0) is 70.7 Å². The van der Waals surface area contributed by atoms with Gasteiger partial charge in [-0.3, -0.25) is 0 Å². The van der Waals surface area contributed by atoms with E-state index < -0.39 is 0 Å². The average Bonchev–Trinajstić information content (AvgIpc) is 2.42. The summed E-state index contributed by atoms with van der Waals surface area (Å²) in [5, 5.41) is 3.66. The number of nitrogens with one attached hydrogen (secondary N) is 1. The maximum Gasteiger partial charge on any atom is 0.0230 e. The molecule has 0 aromatic heterocycles. The van der Waals surface area contributed by atoms with Crippen molar-refractivity contribution >= 4 is 0 Å². The maximum absolute atomic E-state index is 3.66. The second-order valence-corrected chi connectivity index (χ2v) is 6.38. The van der Waals surface area contributed by atoms with Gasteiger partial charge in [0.2, 0.25) is 0 Å². The molecule has 0 spiro atoms. The van der Waals surface area contributed by atoms with E-state index in [1.807, 2.05) is 0 Å². The molecular formula is C17H29N3. The van der Waals surface area contributed by atoms with Gasteiger partial charge in [-0.25, -0.2) is 0 Å².